The van der Waals surface area contributed by atoms with Gasteiger partial charge in [0.1, 0.15) is 0 Å². The van der Waals surface area contributed by atoms with Crippen LogP contribution in [0.15, 0.2) is 0 Å². The Labute approximate surface area is 98.7 Å². The number of carbonyl (C=O) groups is 1. The number of thioether (sulfide) groups is 1. The molecule has 3 atom stereocenters. The summed E-state index contributed by atoms with van der Waals surface area (Å²) in [5.74, 6) is 0.152. The highest BCUT2D eigenvalue weighted by Crippen LogP contribution is 2.28. The van der Waals surface area contributed by atoms with Crippen LogP contribution in [0.3, 0.4) is 0 Å². The van der Waals surface area contributed by atoms with Gasteiger partial charge in [-0.2, -0.15) is 11.8 Å². The predicted octanol–water partition coefficient (Wildman–Crippen LogP) is 2.56. The van der Waals surface area contributed by atoms with Gasteiger partial charge in [0.25, 0.3) is 0 Å². The van der Waals surface area contributed by atoms with Crippen molar-refractivity contribution >= 4 is 33.6 Å². The summed E-state index contributed by atoms with van der Waals surface area (Å²) in [4.78, 5) is 11.5. The van der Waals surface area contributed by atoms with Crippen LogP contribution in [0.25, 0.3) is 0 Å². The van der Waals surface area contributed by atoms with Crippen molar-refractivity contribution in [2.45, 2.75) is 48.7 Å². The van der Waals surface area contributed by atoms with E-state index in [1.807, 2.05) is 18.7 Å². The van der Waals surface area contributed by atoms with Crippen LogP contribution in [-0.2, 0) is 4.79 Å². The van der Waals surface area contributed by atoms with Crippen molar-refractivity contribution in [1.82, 2.24) is 5.32 Å². The first-order chi connectivity index (χ1) is 6.67. The average molecular weight is 280 g/mol. The van der Waals surface area contributed by atoms with E-state index in [9.17, 15) is 4.79 Å². The van der Waals surface area contributed by atoms with E-state index < -0.39 is 0 Å². The number of alkyl halides is 1. The third-order valence-corrected chi connectivity index (χ3v) is 4.87. The van der Waals surface area contributed by atoms with Crippen LogP contribution in [0.2, 0.25) is 0 Å². The number of rotatable bonds is 4. The lowest BCUT2D eigenvalue weighted by molar-refractivity contribution is -0.121. The van der Waals surface area contributed by atoms with Crippen LogP contribution in [0.1, 0.15) is 32.6 Å². The van der Waals surface area contributed by atoms with Crippen molar-refractivity contribution in [2.75, 3.05) is 6.26 Å². The molecule has 1 amide bonds. The molecule has 0 aliphatic heterocycles. The van der Waals surface area contributed by atoms with Gasteiger partial charge in [0.15, 0.2) is 0 Å². The summed E-state index contributed by atoms with van der Waals surface area (Å²) in [6, 6.07) is 0.409. The lowest BCUT2D eigenvalue weighted by Gasteiger charge is -2.14. The number of amides is 1. The Kier molecular flexibility index (Phi) is 5.31. The van der Waals surface area contributed by atoms with Gasteiger partial charge < -0.3 is 5.32 Å². The van der Waals surface area contributed by atoms with Crippen molar-refractivity contribution in [3.63, 3.8) is 0 Å². The molecule has 0 saturated heterocycles. The van der Waals surface area contributed by atoms with Crippen LogP contribution in [0.5, 0.6) is 0 Å². The topological polar surface area (TPSA) is 29.1 Å². The van der Waals surface area contributed by atoms with E-state index >= 15 is 0 Å². The third kappa shape index (κ3) is 3.46. The molecule has 82 valence electrons. The van der Waals surface area contributed by atoms with Crippen LogP contribution in [-0.4, -0.2) is 28.3 Å². The third-order valence-electron chi connectivity index (χ3n) is 2.71. The molecule has 1 aliphatic carbocycles. The fourth-order valence-corrected chi connectivity index (χ4v) is 2.69. The molecule has 14 heavy (non-hydrogen) atoms. The van der Waals surface area contributed by atoms with Crippen LogP contribution in [0, 0.1) is 0 Å². The second-order valence-corrected chi connectivity index (χ2v) is 6.00. The van der Waals surface area contributed by atoms with Crippen LogP contribution in [0.4, 0.5) is 0 Å². The van der Waals surface area contributed by atoms with E-state index in [1.54, 1.807) is 0 Å². The lowest BCUT2D eigenvalue weighted by Crippen LogP contribution is -2.37. The summed E-state index contributed by atoms with van der Waals surface area (Å²) in [6.45, 7) is 2.01. The quantitative estimate of drug-likeness (QED) is 0.802. The van der Waals surface area contributed by atoms with E-state index in [2.05, 4.69) is 27.5 Å². The van der Waals surface area contributed by atoms with Crippen molar-refractivity contribution in [2.24, 2.45) is 0 Å². The molecule has 1 N–H and O–H groups in total. The Morgan fingerprint density at radius 1 is 1.64 bits per heavy atom. The van der Waals surface area contributed by atoms with E-state index in [0.29, 0.717) is 6.04 Å². The molecule has 1 aliphatic rings. The highest BCUT2D eigenvalue weighted by Gasteiger charge is 2.26. The summed E-state index contributed by atoms with van der Waals surface area (Å²) in [7, 11) is 0. The van der Waals surface area contributed by atoms with E-state index in [-0.39, 0.29) is 10.7 Å². The summed E-state index contributed by atoms with van der Waals surface area (Å²) in [5, 5.41) is 3.84. The minimum absolute atomic E-state index is 0.0178. The zero-order valence-corrected chi connectivity index (χ0v) is 11.2. The molecule has 2 nitrogen and oxygen atoms in total. The van der Waals surface area contributed by atoms with Crippen LogP contribution < -0.4 is 5.32 Å². The zero-order chi connectivity index (χ0) is 10.6. The van der Waals surface area contributed by atoms with Gasteiger partial charge in [0.05, 0.1) is 4.83 Å². The highest BCUT2D eigenvalue weighted by atomic mass is 79.9. The molecular formula is C10H18BrNOS. The number of halogens is 1. The summed E-state index contributed by atoms with van der Waals surface area (Å²) in [5.41, 5.74) is 0. The van der Waals surface area contributed by atoms with Crippen molar-refractivity contribution in [3.05, 3.63) is 0 Å². The van der Waals surface area contributed by atoms with Gasteiger partial charge >= 0.3 is 0 Å². The maximum absolute atomic E-state index is 11.6. The molecule has 1 saturated carbocycles. The monoisotopic (exact) mass is 279 g/mol. The molecule has 0 aromatic heterocycles. The maximum Gasteiger partial charge on any atom is 0.233 e. The van der Waals surface area contributed by atoms with Crippen molar-refractivity contribution in [3.8, 4) is 0 Å². The molecular weight excluding hydrogens is 262 g/mol. The largest absolute Gasteiger partial charge is 0.352 e. The van der Waals surface area contributed by atoms with Gasteiger partial charge in [0, 0.05) is 11.3 Å². The Balaban J connectivity index is 2.28. The SMILES string of the molecule is CCC(Br)C(=O)NC1CCC(SC)C1. The smallest absolute Gasteiger partial charge is 0.233 e. The molecule has 1 fully saturated rings. The number of nitrogens with one attached hydrogen (secondary N) is 1. The molecule has 0 radical (unpaired) electrons. The Bertz CT molecular complexity index is 201. The van der Waals surface area contributed by atoms with E-state index in [4.69, 9.17) is 0 Å². The molecule has 0 heterocycles. The first kappa shape index (κ1) is 12.4. The van der Waals surface area contributed by atoms with Gasteiger partial charge in [-0.05, 0) is 31.9 Å². The zero-order valence-electron chi connectivity index (χ0n) is 8.75. The Morgan fingerprint density at radius 2 is 2.36 bits per heavy atom. The number of hydrogen-bond donors (Lipinski definition) is 1. The van der Waals surface area contributed by atoms with E-state index in [1.165, 1.54) is 6.42 Å². The normalized spacial score (nSPS) is 28.8. The molecule has 0 aromatic rings. The molecule has 0 bridgehead atoms. The van der Waals surface area contributed by atoms with Crippen molar-refractivity contribution in [1.29, 1.82) is 0 Å². The number of carbonyl (C=O) groups excluding carboxylic acids is 1. The fraction of sp³-hybridized carbons (Fsp3) is 0.900. The second-order valence-electron chi connectivity index (χ2n) is 3.75. The molecule has 0 aromatic carbocycles. The molecule has 0 spiro atoms. The van der Waals surface area contributed by atoms with E-state index in [0.717, 1.165) is 24.5 Å². The van der Waals surface area contributed by atoms with Gasteiger partial charge in [-0.3, -0.25) is 4.79 Å². The predicted molar refractivity (Wildman–Crippen MR) is 66.1 cm³/mol. The number of hydrogen-bond acceptors (Lipinski definition) is 2. The van der Waals surface area contributed by atoms with Gasteiger partial charge in [-0.25, -0.2) is 0 Å². The van der Waals surface area contributed by atoms with Crippen molar-refractivity contribution < 1.29 is 4.79 Å². The van der Waals surface area contributed by atoms with Crippen LogP contribution >= 0.6 is 27.7 Å². The molecule has 3 unspecified atom stereocenters. The maximum atomic E-state index is 11.6. The second kappa shape index (κ2) is 6.01. The molecule has 4 heteroatoms. The average Bonchev–Trinajstić information content (AvgIpc) is 2.64. The van der Waals surface area contributed by atoms with Gasteiger partial charge in [-0.15, -0.1) is 0 Å². The van der Waals surface area contributed by atoms with Gasteiger partial charge in [0.2, 0.25) is 5.91 Å². The Morgan fingerprint density at radius 3 is 2.86 bits per heavy atom. The summed E-state index contributed by atoms with van der Waals surface area (Å²) < 4.78 is 0. The summed E-state index contributed by atoms with van der Waals surface area (Å²) >= 11 is 5.28. The Hall–Kier alpha value is 0.300. The standard InChI is InChI=1S/C10H18BrNOS/c1-3-9(11)10(13)12-7-4-5-8(6-7)14-2/h7-9H,3-6H2,1-2H3,(H,12,13). The minimum Gasteiger partial charge on any atom is -0.352 e. The van der Waals surface area contributed by atoms with Gasteiger partial charge in [-0.1, -0.05) is 22.9 Å². The first-order valence-corrected chi connectivity index (χ1v) is 7.35. The first-order valence-electron chi connectivity index (χ1n) is 5.14. The summed E-state index contributed by atoms with van der Waals surface area (Å²) in [6.07, 6.45) is 6.51. The lowest BCUT2D eigenvalue weighted by atomic mass is 10.2. The fourth-order valence-electron chi connectivity index (χ4n) is 1.76. The molecule has 1 rings (SSSR count). The minimum atomic E-state index is -0.0178. The highest BCUT2D eigenvalue weighted by molar-refractivity contribution is 9.10.